The lowest BCUT2D eigenvalue weighted by molar-refractivity contribution is -0.121. The number of nitrogens with one attached hydrogen (secondary N) is 1. The maximum atomic E-state index is 12.4. The third-order valence-electron chi connectivity index (χ3n) is 4.22. The highest BCUT2D eigenvalue weighted by molar-refractivity contribution is 6.43. The first-order valence-electron chi connectivity index (χ1n) is 8.16. The first-order chi connectivity index (χ1) is 12.9. The van der Waals surface area contributed by atoms with Gasteiger partial charge in [-0.05, 0) is 30.2 Å². The van der Waals surface area contributed by atoms with Gasteiger partial charge >= 0.3 is 0 Å². The van der Waals surface area contributed by atoms with Crippen molar-refractivity contribution in [3.63, 3.8) is 0 Å². The number of fused-ring (bicyclic) bond motifs is 1. The Morgan fingerprint density at radius 1 is 1.07 bits per heavy atom. The summed E-state index contributed by atoms with van der Waals surface area (Å²) in [6.45, 7) is -0.0203. The second-order valence-corrected chi connectivity index (χ2v) is 6.73. The van der Waals surface area contributed by atoms with Gasteiger partial charge in [0.1, 0.15) is 12.3 Å². The second-order valence-electron chi connectivity index (χ2n) is 5.92. The van der Waals surface area contributed by atoms with E-state index in [0.29, 0.717) is 13.0 Å². The lowest BCUT2D eigenvalue weighted by atomic mass is 10.1. The van der Waals surface area contributed by atoms with Crippen LogP contribution in [0.5, 0.6) is 5.75 Å². The zero-order chi connectivity index (χ0) is 19.6. The molecule has 0 spiro atoms. The second kappa shape index (κ2) is 7.98. The molecule has 0 saturated carbocycles. The summed E-state index contributed by atoms with van der Waals surface area (Å²) in [4.78, 5) is 37.8. The predicted octanol–water partition coefficient (Wildman–Crippen LogP) is 2.96. The molecule has 27 heavy (non-hydrogen) atoms. The van der Waals surface area contributed by atoms with Gasteiger partial charge in [0.15, 0.2) is 0 Å². The molecule has 6 nitrogen and oxygen atoms in total. The van der Waals surface area contributed by atoms with Crippen molar-refractivity contribution >= 4 is 40.9 Å². The lowest BCUT2D eigenvalue weighted by Gasteiger charge is -2.14. The Hall–Kier alpha value is -2.57. The Kier molecular flexibility index (Phi) is 5.68. The fraction of sp³-hybridized carbons (Fsp3) is 0.211. The maximum Gasteiger partial charge on any atom is 0.262 e. The number of nitrogens with zero attached hydrogens (tertiary/aromatic N) is 1. The van der Waals surface area contributed by atoms with Crippen LogP contribution >= 0.6 is 23.2 Å². The molecule has 3 amide bonds. The van der Waals surface area contributed by atoms with Gasteiger partial charge in [-0.15, -0.1) is 0 Å². The topological polar surface area (TPSA) is 75.7 Å². The van der Waals surface area contributed by atoms with E-state index in [1.807, 2.05) is 24.3 Å². The van der Waals surface area contributed by atoms with Crippen LogP contribution in [0.4, 0.5) is 0 Å². The summed E-state index contributed by atoms with van der Waals surface area (Å²) < 4.78 is 5.26. The molecule has 0 aliphatic carbocycles. The number of carbonyl (C=O) groups is 3. The summed E-state index contributed by atoms with van der Waals surface area (Å²) >= 11 is 11.8. The Morgan fingerprint density at radius 2 is 1.67 bits per heavy atom. The first kappa shape index (κ1) is 19.2. The molecule has 0 bridgehead atoms. The normalized spacial score (nSPS) is 12.9. The van der Waals surface area contributed by atoms with E-state index >= 15 is 0 Å². The molecular formula is C19H16Cl2N2O4. The summed E-state index contributed by atoms with van der Waals surface area (Å²) in [7, 11) is 1.58. The first-order valence-corrected chi connectivity index (χ1v) is 8.91. The summed E-state index contributed by atoms with van der Waals surface area (Å²) in [5.74, 6) is -0.820. The van der Waals surface area contributed by atoms with Crippen LogP contribution in [0.1, 0.15) is 26.3 Å². The molecule has 3 rings (SSSR count). The molecular weight excluding hydrogens is 391 g/mol. The quantitative estimate of drug-likeness (QED) is 0.748. The fourth-order valence-corrected chi connectivity index (χ4v) is 3.20. The Morgan fingerprint density at radius 3 is 2.26 bits per heavy atom. The number of hydrogen-bond donors (Lipinski definition) is 1. The molecule has 0 unspecified atom stereocenters. The number of halogens is 2. The summed E-state index contributed by atoms with van der Waals surface area (Å²) in [6, 6.07) is 10.2. The molecule has 0 atom stereocenters. The van der Waals surface area contributed by atoms with Gasteiger partial charge in [0.05, 0.1) is 28.3 Å². The van der Waals surface area contributed by atoms with Gasteiger partial charge in [-0.25, -0.2) is 0 Å². The van der Waals surface area contributed by atoms with E-state index in [0.717, 1.165) is 16.2 Å². The number of methoxy groups -OCH3 is 1. The number of imide groups is 1. The van der Waals surface area contributed by atoms with Crippen LogP contribution in [0.3, 0.4) is 0 Å². The van der Waals surface area contributed by atoms with Gasteiger partial charge in [-0.1, -0.05) is 41.4 Å². The van der Waals surface area contributed by atoms with Gasteiger partial charge in [-0.3, -0.25) is 19.3 Å². The van der Waals surface area contributed by atoms with Gasteiger partial charge in [0.2, 0.25) is 5.91 Å². The zero-order valence-electron chi connectivity index (χ0n) is 14.4. The minimum absolute atomic E-state index is 0.149. The fourth-order valence-electron chi connectivity index (χ4n) is 2.87. The summed E-state index contributed by atoms with van der Waals surface area (Å²) in [6.07, 6.45) is 0.559. The minimum atomic E-state index is -0.562. The van der Waals surface area contributed by atoms with Crippen molar-refractivity contribution in [2.24, 2.45) is 0 Å². The van der Waals surface area contributed by atoms with Crippen LogP contribution in [0.25, 0.3) is 0 Å². The molecule has 1 aliphatic heterocycles. The number of benzene rings is 2. The third kappa shape index (κ3) is 3.91. The van der Waals surface area contributed by atoms with Gasteiger partial charge in [0, 0.05) is 6.54 Å². The molecule has 0 saturated heterocycles. The van der Waals surface area contributed by atoms with E-state index in [9.17, 15) is 14.4 Å². The van der Waals surface area contributed by atoms with E-state index in [-0.39, 0.29) is 27.7 Å². The van der Waals surface area contributed by atoms with Crippen LogP contribution in [0.2, 0.25) is 10.0 Å². The Balaban J connectivity index is 1.60. The Labute approximate surface area is 166 Å². The smallest absolute Gasteiger partial charge is 0.262 e. The number of rotatable bonds is 6. The average molecular weight is 407 g/mol. The summed E-state index contributed by atoms with van der Waals surface area (Å²) in [5, 5.41) is 3.07. The van der Waals surface area contributed by atoms with Crippen molar-refractivity contribution in [1.29, 1.82) is 0 Å². The molecule has 0 radical (unpaired) electrons. The number of amides is 3. The SMILES string of the molecule is COc1ccccc1CCNC(=O)CN1C(=O)c2cc(Cl)c(Cl)cc2C1=O. The molecule has 8 heteroatoms. The average Bonchev–Trinajstić information content (AvgIpc) is 2.87. The van der Waals surface area contributed by atoms with Crippen molar-refractivity contribution in [1.82, 2.24) is 10.2 Å². The molecule has 1 aliphatic rings. The molecule has 1 N–H and O–H groups in total. The van der Waals surface area contributed by atoms with Crippen LogP contribution in [-0.4, -0.2) is 42.8 Å². The maximum absolute atomic E-state index is 12.4. The van der Waals surface area contributed by atoms with Gasteiger partial charge < -0.3 is 10.1 Å². The molecule has 0 fully saturated rings. The zero-order valence-corrected chi connectivity index (χ0v) is 15.9. The number of para-hydroxylation sites is 1. The monoisotopic (exact) mass is 406 g/mol. The van der Waals surface area contributed by atoms with E-state index in [1.165, 1.54) is 12.1 Å². The standard InChI is InChI=1S/C19H16Cl2N2O4/c1-27-16-5-3-2-4-11(16)6-7-22-17(24)10-23-18(25)12-8-14(20)15(21)9-13(12)19(23)26/h2-5,8-9H,6-7,10H2,1H3,(H,22,24). The predicted molar refractivity (Wildman–Crippen MR) is 102 cm³/mol. The van der Waals surface area contributed by atoms with Gasteiger partial charge in [-0.2, -0.15) is 0 Å². The van der Waals surface area contributed by atoms with Crippen LogP contribution < -0.4 is 10.1 Å². The van der Waals surface area contributed by atoms with Crippen molar-refractivity contribution in [2.45, 2.75) is 6.42 Å². The van der Waals surface area contributed by atoms with Crippen LogP contribution in [0.15, 0.2) is 36.4 Å². The van der Waals surface area contributed by atoms with E-state index in [1.54, 1.807) is 7.11 Å². The van der Waals surface area contributed by atoms with E-state index in [4.69, 9.17) is 27.9 Å². The van der Waals surface area contributed by atoms with Crippen molar-refractivity contribution in [2.75, 3.05) is 20.2 Å². The van der Waals surface area contributed by atoms with Crippen molar-refractivity contribution in [3.8, 4) is 5.75 Å². The highest BCUT2D eigenvalue weighted by Gasteiger charge is 2.37. The molecule has 2 aromatic rings. The van der Waals surface area contributed by atoms with Crippen LogP contribution in [0, 0.1) is 0 Å². The molecule has 0 aromatic heterocycles. The Bertz CT molecular complexity index is 889. The minimum Gasteiger partial charge on any atom is -0.496 e. The molecule has 140 valence electrons. The third-order valence-corrected chi connectivity index (χ3v) is 4.94. The molecule has 2 aromatic carbocycles. The van der Waals surface area contributed by atoms with Crippen molar-refractivity contribution < 1.29 is 19.1 Å². The largest absolute Gasteiger partial charge is 0.496 e. The lowest BCUT2D eigenvalue weighted by Crippen LogP contribution is -2.40. The number of ether oxygens (including phenoxy) is 1. The van der Waals surface area contributed by atoms with E-state index < -0.39 is 17.7 Å². The van der Waals surface area contributed by atoms with E-state index in [2.05, 4.69) is 5.32 Å². The highest BCUT2D eigenvalue weighted by Crippen LogP contribution is 2.31. The molecule has 1 heterocycles. The van der Waals surface area contributed by atoms with Crippen molar-refractivity contribution in [3.05, 3.63) is 63.1 Å². The number of carbonyl (C=O) groups excluding carboxylic acids is 3. The highest BCUT2D eigenvalue weighted by atomic mass is 35.5. The van der Waals surface area contributed by atoms with Gasteiger partial charge in [0.25, 0.3) is 11.8 Å². The number of hydrogen-bond acceptors (Lipinski definition) is 4. The summed E-state index contributed by atoms with van der Waals surface area (Å²) in [5.41, 5.74) is 1.25. The van der Waals surface area contributed by atoms with Crippen LogP contribution in [-0.2, 0) is 11.2 Å².